The van der Waals surface area contributed by atoms with Crippen molar-refractivity contribution in [3.05, 3.63) is 102 Å². The number of alkyl halides is 3. The summed E-state index contributed by atoms with van der Waals surface area (Å²) in [6.45, 7) is 3.16. The summed E-state index contributed by atoms with van der Waals surface area (Å²) in [5.41, 5.74) is 1.99. The van der Waals surface area contributed by atoms with Crippen LogP contribution >= 0.6 is 0 Å². The Morgan fingerprint density at radius 1 is 0.794 bits per heavy atom. The number of aliphatic hydroxyl groups excluding tert-OH is 1. The van der Waals surface area contributed by atoms with Crippen LogP contribution in [-0.4, -0.2) is 55.4 Å². The Morgan fingerprint density at radius 3 is 1.94 bits per heavy atom. The molecule has 1 aliphatic rings. The van der Waals surface area contributed by atoms with E-state index in [0.717, 1.165) is 17.2 Å². The highest BCUT2D eigenvalue weighted by Gasteiger charge is 2.31. The van der Waals surface area contributed by atoms with E-state index in [0.29, 0.717) is 38.4 Å². The summed E-state index contributed by atoms with van der Waals surface area (Å²) in [6, 6.07) is 25.3. The maximum Gasteiger partial charge on any atom is 0.416 e. The number of aliphatic hydroxyl groups is 1. The number of anilines is 1. The van der Waals surface area contributed by atoms with Gasteiger partial charge in [0.05, 0.1) is 18.3 Å². The summed E-state index contributed by atoms with van der Waals surface area (Å²) in [5.74, 6) is 0. The van der Waals surface area contributed by atoms with Crippen LogP contribution in [0.25, 0.3) is 0 Å². The first kappa shape index (κ1) is 24.3. The molecule has 3 aromatic carbocycles. The Balaban J connectivity index is 1.30. The first-order valence-corrected chi connectivity index (χ1v) is 11.4. The van der Waals surface area contributed by atoms with Crippen LogP contribution in [0.15, 0.2) is 84.9 Å². The summed E-state index contributed by atoms with van der Waals surface area (Å²) >= 11 is 0. The summed E-state index contributed by atoms with van der Waals surface area (Å²) in [7, 11) is 0. The molecule has 1 saturated heterocycles. The van der Waals surface area contributed by atoms with Gasteiger partial charge in [-0.1, -0.05) is 66.7 Å². The molecule has 0 bridgehead atoms. The molecule has 1 atom stereocenters. The molecule has 34 heavy (non-hydrogen) atoms. The van der Waals surface area contributed by atoms with Crippen molar-refractivity contribution in [3.8, 4) is 0 Å². The standard InChI is InChI=1S/C27H29F3N2O2/c28-27(29,30)23-12-7-13-24(18-23)32-16-14-31(15-17-32)19-25(33)20-34-26(21-8-3-1-4-9-21)22-10-5-2-6-11-22/h1-13,18,25-26,33H,14-17,19-20H2/t25-/m1/s1. The molecule has 3 aromatic rings. The van der Waals surface area contributed by atoms with E-state index in [1.807, 2.05) is 65.6 Å². The Hall–Kier alpha value is -2.87. The fourth-order valence-corrected chi connectivity index (χ4v) is 4.27. The molecule has 0 aromatic heterocycles. The van der Waals surface area contributed by atoms with Gasteiger partial charge in [-0.15, -0.1) is 0 Å². The minimum atomic E-state index is -4.35. The molecule has 0 unspecified atom stereocenters. The predicted octanol–water partition coefficient (Wildman–Crippen LogP) is 4.99. The van der Waals surface area contributed by atoms with E-state index in [1.165, 1.54) is 12.1 Å². The lowest BCUT2D eigenvalue weighted by Crippen LogP contribution is -2.49. The third kappa shape index (κ3) is 6.38. The third-order valence-electron chi connectivity index (χ3n) is 6.04. The number of ether oxygens (including phenoxy) is 1. The van der Waals surface area contributed by atoms with Crippen molar-refractivity contribution in [2.45, 2.75) is 18.4 Å². The minimum Gasteiger partial charge on any atom is -0.389 e. The van der Waals surface area contributed by atoms with Crippen LogP contribution in [0.1, 0.15) is 22.8 Å². The summed E-state index contributed by atoms with van der Waals surface area (Å²) in [5, 5.41) is 10.6. The molecular formula is C27H29F3N2O2. The highest BCUT2D eigenvalue weighted by molar-refractivity contribution is 5.49. The van der Waals surface area contributed by atoms with E-state index in [4.69, 9.17) is 4.74 Å². The van der Waals surface area contributed by atoms with Crippen LogP contribution < -0.4 is 4.90 Å². The van der Waals surface area contributed by atoms with Gasteiger partial charge in [-0.3, -0.25) is 4.90 Å². The lowest BCUT2D eigenvalue weighted by atomic mass is 10.0. The zero-order chi connectivity index (χ0) is 24.0. The molecule has 0 aliphatic carbocycles. The molecule has 1 N–H and O–H groups in total. The Morgan fingerprint density at radius 2 is 1.38 bits per heavy atom. The van der Waals surface area contributed by atoms with Crippen molar-refractivity contribution in [3.63, 3.8) is 0 Å². The van der Waals surface area contributed by atoms with Crippen LogP contribution in [0.3, 0.4) is 0 Å². The fraction of sp³-hybridized carbons (Fsp3) is 0.333. The minimum absolute atomic E-state index is 0.183. The number of nitrogens with zero attached hydrogens (tertiary/aromatic N) is 2. The summed E-state index contributed by atoms with van der Waals surface area (Å²) in [6.07, 6.45) is -5.29. The van der Waals surface area contributed by atoms with E-state index in [9.17, 15) is 18.3 Å². The number of hydrogen-bond acceptors (Lipinski definition) is 4. The van der Waals surface area contributed by atoms with E-state index in [1.54, 1.807) is 6.07 Å². The third-order valence-corrected chi connectivity index (χ3v) is 6.04. The van der Waals surface area contributed by atoms with Crippen molar-refractivity contribution in [1.82, 2.24) is 4.90 Å². The maximum absolute atomic E-state index is 13.0. The first-order valence-electron chi connectivity index (χ1n) is 11.4. The molecule has 0 saturated carbocycles. The van der Waals surface area contributed by atoms with E-state index < -0.39 is 17.8 Å². The van der Waals surface area contributed by atoms with Gasteiger partial charge in [-0.25, -0.2) is 0 Å². The van der Waals surface area contributed by atoms with E-state index in [-0.39, 0.29) is 12.7 Å². The molecule has 1 aliphatic heterocycles. The van der Waals surface area contributed by atoms with E-state index in [2.05, 4.69) is 4.90 Å². The largest absolute Gasteiger partial charge is 0.416 e. The van der Waals surface area contributed by atoms with Crippen molar-refractivity contribution < 1.29 is 23.0 Å². The number of halogens is 3. The maximum atomic E-state index is 13.0. The van der Waals surface area contributed by atoms with Crippen molar-refractivity contribution in [2.24, 2.45) is 0 Å². The molecule has 0 radical (unpaired) electrons. The quantitative estimate of drug-likeness (QED) is 0.503. The molecule has 1 fully saturated rings. The van der Waals surface area contributed by atoms with Crippen molar-refractivity contribution >= 4 is 5.69 Å². The van der Waals surface area contributed by atoms with E-state index >= 15 is 0 Å². The van der Waals surface area contributed by atoms with Gasteiger partial charge in [0.2, 0.25) is 0 Å². The molecule has 180 valence electrons. The average Bonchev–Trinajstić information content (AvgIpc) is 2.85. The SMILES string of the molecule is O[C@@H](COC(c1ccccc1)c1ccccc1)CN1CCN(c2cccc(C(F)(F)F)c2)CC1. The molecular weight excluding hydrogens is 441 g/mol. The van der Waals surface area contributed by atoms with Gasteiger partial charge in [-0.05, 0) is 29.3 Å². The van der Waals surface area contributed by atoms with Gasteiger partial charge in [0.1, 0.15) is 6.10 Å². The predicted molar refractivity (Wildman–Crippen MR) is 127 cm³/mol. The normalized spacial score (nSPS) is 16.1. The molecule has 7 heteroatoms. The second-order valence-corrected chi connectivity index (χ2v) is 8.52. The van der Waals surface area contributed by atoms with Gasteiger partial charge >= 0.3 is 6.18 Å². The number of piperazine rings is 1. The number of benzene rings is 3. The number of hydrogen-bond donors (Lipinski definition) is 1. The smallest absolute Gasteiger partial charge is 0.389 e. The Labute approximate surface area is 198 Å². The number of rotatable bonds is 8. The molecule has 4 nitrogen and oxygen atoms in total. The average molecular weight is 471 g/mol. The molecule has 1 heterocycles. The van der Waals surface area contributed by atoms with Crippen LogP contribution in [0.5, 0.6) is 0 Å². The summed E-state index contributed by atoms with van der Waals surface area (Å²) < 4.78 is 45.2. The first-order chi connectivity index (χ1) is 16.4. The Kier molecular flexibility index (Phi) is 7.88. The van der Waals surface area contributed by atoms with Gasteiger partial charge in [0.15, 0.2) is 0 Å². The van der Waals surface area contributed by atoms with Gasteiger partial charge in [0.25, 0.3) is 0 Å². The Bertz CT molecular complexity index is 983. The molecule has 4 rings (SSSR count). The van der Waals surface area contributed by atoms with Crippen LogP contribution in [0.4, 0.5) is 18.9 Å². The zero-order valence-electron chi connectivity index (χ0n) is 18.9. The second kappa shape index (κ2) is 11.0. The van der Waals surface area contributed by atoms with Crippen LogP contribution in [-0.2, 0) is 10.9 Å². The van der Waals surface area contributed by atoms with Gasteiger partial charge in [0, 0.05) is 38.4 Å². The van der Waals surface area contributed by atoms with Crippen molar-refractivity contribution in [1.29, 1.82) is 0 Å². The van der Waals surface area contributed by atoms with Gasteiger partial charge < -0.3 is 14.7 Å². The summed E-state index contributed by atoms with van der Waals surface area (Å²) in [4.78, 5) is 4.08. The van der Waals surface area contributed by atoms with Crippen LogP contribution in [0, 0.1) is 0 Å². The zero-order valence-corrected chi connectivity index (χ0v) is 18.9. The number of β-amino-alcohol motifs (C(OH)–C–C–N with tert-alkyl or cyclic N) is 1. The lowest BCUT2D eigenvalue weighted by Gasteiger charge is -2.37. The second-order valence-electron chi connectivity index (χ2n) is 8.52. The topological polar surface area (TPSA) is 35.9 Å². The van der Waals surface area contributed by atoms with Crippen molar-refractivity contribution in [2.75, 3.05) is 44.2 Å². The molecule has 0 amide bonds. The highest BCUT2D eigenvalue weighted by atomic mass is 19.4. The monoisotopic (exact) mass is 470 g/mol. The highest BCUT2D eigenvalue weighted by Crippen LogP contribution is 2.32. The molecule has 0 spiro atoms. The van der Waals surface area contributed by atoms with Crippen LogP contribution in [0.2, 0.25) is 0 Å². The van der Waals surface area contributed by atoms with Gasteiger partial charge in [-0.2, -0.15) is 13.2 Å². The lowest BCUT2D eigenvalue weighted by molar-refractivity contribution is -0.137. The fourth-order valence-electron chi connectivity index (χ4n) is 4.27.